The van der Waals surface area contributed by atoms with Crippen LogP contribution in [-0.4, -0.2) is 23.1 Å². The summed E-state index contributed by atoms with van der Waals surface area (Å²) in [4.78, 5) is 24.7. The van der Waals surface area contributed by atoms with E-state index in [-0.39, 0.29) is 23.3 Å². The Morgan fingerprint density at radius 2 is 1.96 bits per heavy atom. The first-order valence-corrected chi connectivity index (χ1v) is 8.85. The zero-order valence-corrected chi connectivity index (χ0v) is 15.0. The van der Waals surface area contributed by atoms with Gasteiger partial charge < -0.3 is 15.2 Å². The van der Waals surface area contributed by atoms with Crippen LogP contribution in [0.4, 0.5) is 0 Å². The molecule has 0 heterocycles. The summed E-state index contributed by atoms with van der Waals surface area (Å²) >= 11 is 0. The minimum absolute atomic E-state index is 0.0627. The molecule has 0 fully saturated rings. The van der Waals surface area contributed by atoms with Crippen molar-refractivity contribution in [3.05, 3.63) is 64.7 Å². The number of ether oxygens (including phenoxy) is 1. The molecule has 0 spiro atoms. The quantitative estimate of drug-likeness (QED) is 0.826. The van der Waals surface area contributed by atoms with E-state index in [0.29, 0.717) is 5.56 Å². The number of hydrogen-bond acceptors (Lipinski definition) is 4. The topological polar surface area (TPSA) is 75.6 Å². The Bertz CT molecular complexity index is 831. The maximum absolute atomic E-state index is 12.5. The summed E-state index contributed by atoms with van der Waals surface area (Å²) in [6.45, 7) is 3.23. The van der Waals surface area contributed by atoms with Gasteiger partial charge in [-0.1, -0.05) is 36.4 Å². The number of esters is 1. The highest BCUT2D eigenvalue weighted by atomic mass is 16.5. The van der Waals surface area contributed by atoms with Gasteiger partial charge in [0.1, 0.15) is 11.3 Å². The second-order valence-electron chi connectivity index (χ2n) is 6.67. The fourth-order valence-electron chi connectivity index (χ4n) is 3.29. The number of benzene rings is 2. The van der Waals surface area contributed by atoms with Crippen LogP contribution in [0, 0.1) is 6.92 Å². The van der Waals surface area contributed by atoms with Gasteiger partial charge in [-0.2, -0.15) is 0 Å². The van der Waals surface area contributed by atoms with E-state index in [1.54, 1.807) is 19.1 Å². The Morgan fingerprint density at radius 1 is 1.19 bits per heavy atom. The van der Waals surface area contributed by atoms with Gasteiger partial charge in [-0.05, 0) is 55.9 Å². The van der Waals surface area contributed by atoms with Gasteiger partial charge in [-0.25, -0.2) is 4.79 Å². The van der Waals surface area contributed by atoms with Crippen LogP contribution in [-0.2, 0) is 16.0 Å². The number of rotatable bonds is 4. The molecule has 0 saturated carbocycles. The molecule has 2 atom stereocenters. The lowest BCUT2D eigenvalue weighted by molar-refractivity contribution is -0.130. The van der Waals surface area contributed by atoms with Crippen molar-refractivity contribution >= 4 is 11.9 Å². The van der Waals surface area contributed by atoms with Gasteiger partial charge in [0, 0.05) is 0 Å². The highest BCUT2D eigenvalue weighted by Gasteiger charge is 2.26. The number of para-hydroxylation sites is 1. The molecular weight excluding hydrogens is 330 g/mol. The smallest absolute Gasteiger partial charge is 0.342 e. The SMILES string of the molecule is Cc1cccc(C(=O)O[C@H](C)C(=O)N[C@H]2CCCc3ccccc32)c1O. The predicted octanol–water partition coefficient (Wildman–Crippen LogP) is 3.44. The van der Waals surface area contributed by atoms with Crippen molar-refractivity contribution < 1.29 is 19.4 Å². The Balaban J connectivity index is 1.65. The Morgan fingerprint density at radius 3 is 2.77 bits per heavy atom. The number of aryl methyl sites for hydroxylation is 2. The van der Waals surface area contributed by atoms with Gasteiger partial charge in [0.25, 0.3) is 5.91 Å². The fourth-order valence-corrected chi connectivity index (χ4v) is 3.29. The molecule has 0 bridgehead atoms. The van der Waals surface area contributed by atoms with Gasteiger partial charge in [0.05, 0.1) is 6.04 Å². The molecule has 2 aromatic rings. The molecule has 2 N–H and O–H groups in total. The van der Waals surface area contributed by atoms with Gasteiger partial charge in [0.15, 0.2) is 6.10 Å². The van der Waals surface area contributed by atoms with Crippen molar-refractivity contribution in [2.24, 2.45) is 0 Å². The second kappa shape index (κ2) is 7.60. The lowest BCUT2D eigenvalue weighted by Crippen LogP contribution is -2.39. The Hall–Kier alpha value is -2.82. The third-order valence-corrected chi connectivity index (χ3v) is 4.80. The first-order chi connectivity index (χ1) is 12.5. The van der Waals surface area contributed by atoms with Gasteiger partial charge in [-0.15, -0.1) is 0 Å². The Kier molecular flexibility index (Phi) is 5.26. The lowest BCUT2D eigenvalue weighted by atomic mass is 9.87. The predicted molar refractivity (Wildman–Crippen MR) is 98.0 cm³/mol. The number of aromatic hydroxyl groups is 1. The average molecular weight is 353 g/mol. The van der Waals surface area contributed by atoms with E-state index in [1.165, 1.54) is 18.6 Å². The third kappa shape index (κ3) is 3.72. The molecule has 0 aliphatic heterocycles. The van der Waals surface area contributed by atoms with Crippen LogP contribution < -0.4 is 5.32 Å². The van der Waals surface area contributed by atoms with Crippen molar-refractivity contribution in [2.75, 3.05) is 0 Å². The van der Waals surface area contributed by atoms with Crippen molar-refractivity contribution in [2.45, 2.75) is 45.3 Å². The van der Waals surface area contributed by atoms with E-state index in [0.717, 1.165) is 24.8 Å². The minimum Gasteiger partial charge on any atom is -0.507 e. The maximum atomic E-state index is 12.5. The van der Waals surface area contributed by atoms with Crippen LogP contribution in [0.25, 0.3) is 0 Å². The van der Waals surface area contributed by atoms with Gasteiger partial charge in [0.2, 0.25) is 0 Å². The molecule has 0 aromatic heterocycles. The number of amides is 1. The zero-order chi connectivity index (χ0) is 18.7. The molecule has 136 valence electrons. The van der Waals surface area contributed by atoms with E-state index in [1.807, 2.05) is 18.2 Å². The number of nitrogens with one attached hydrogen (secondary N) is 1. The zero-order valence-electron chi connectivity index (χ0n) is 15.0. The van der Waals surface area contributed by atoms with Crippen LogP contribution in [0.5, 0.6) is 5.75 Å². The summed E-state index contributed by atoms with van der Waals surface area (Å²) in [5, 5.41) is 13.0. The number of phenols is 1. The number of hydrogen-bond donors (Lipinski definition) is 2. The number of carbonyl (C=O) groups excluding carboxylic acids is 2. The summed E-state index contributed by atoms with van der Waals surface area (Å²) in [6, 6.07) is 12.8. The van der Waals surface area contributed by atoms with Gasteiger partial charge in [-0.3, -0.25) is 4.79 Å². The first kappa shape index (κ1) is 18.0. The fraction of sp³-hybridized carbons (Fsp3) is 0.333. The monoisotopic (exact) mass is 353 g/mol. The lowest BCUT2D eigenvalue weighted by Gasteiger charge is -2.27. The van der Waals surface area contributed by atoms with E-state index < -0.39 is 12.1 Å². The van der Waals surface area contributed by atoms with Crippen LogP contribution >= 0.6 is 0 Å². The summed E-state index contributed by atoms with van der Waals surface area (Å²) in [6.07, 6.45) is 1.94. The molecule has 1 amide bonds. The van der Waals surface area contributed by atoms with Crippen molar-refractivity contribution in [1.82, 2.24) is 5.32 Å². The number of carbonyl (C=O) groups is 2. The minimum atomic E-state index is -0.948. The van der Waals surface area contributed by atoms with Crippen LogP contribution in [0.1, 0.15) is 52.9 Å². The number of fused-ring (bicyclic) bond motifs is 1. The van der Waals surface area contributed by atoms with E-state index in [4.69, 9.17) is 4.74 Å². The molecule has 0 saturated heterocycles. The molecule has 5 heteroatoms. The normalized spacial score (nSPS) is 17.1. The molecule has 1 aliphatic rings. The first-order valence-electron chi connectivity index (χ1n) is 8.85. The molecule has 0 radical (unpaired) electrons. The third-order valence-electron chi connectivity index (χ3n) is 4.80. The highest BCUT2D eigenvalue weighted by molar-refractivity contribution is 5.95. The standard InChI is InChI=1S/C21H23NO4/c1-13-7-5-11-17(19(13)23)21(25)26-14(2)20(24)22-18-12-6-9-15-8-3-4-10-16(15)18/h3-5,7-8,10-11,14,18,23H,6,9,12H2,1-2H3,(H,22,24)/t14-,18+/m1/s1. The largest absolute Gasteiger partial charge is 0.507 e. The summed E-state index contributed by atoms with van der Waals surface area (Å²) in [5.74, 6) is -1.17. The summed E-state index contributed by atoms with van der Waals surface area (Å²) < 4.78 is 5.25. The van der Waals surface area contributed by atoms with E-state index in [2.05, 4.69) is 11.4 Å². The van der Waals surface area contributed by atoms with Crippen molar-refractivity contribution in [3.63, 3.8) is 0 Å². The van der Waals surface area contributed by atoms with E-state index >= 15 is 0 Å². The molecule has 0 unspecified atom stereocenters. The number of phenolic OH excluding ortho intramolecular Hbond substituents is 1. The molecule has 3 rings (SSSR count). The van der Waals surface area contributed by atoms with Crippen LogP contribution in [0.3, 0.4) is 0 Å². The van der Waals surface area contributed by atoms with Crippen LogP contribution in [0.15, 0.2) is 42.5 Å². The van der Waals surface area contributed by atoms with Crippen molar-refractivity contribution in [3.8, 4) is 5.75 Å². The van der Waals surface area contributed by atoms with Gasteiger partial charge >= 0.3 is 5.97 Å². The molecular formula is C21H23NO4. The average Bonchev–Trinajstić information content (AvgIpc) is 2.64. The highest BCUT2D eigenvalue weighted by Crippen LogP contribution is 2.29. The van der Waals surface area contributed by atoms with Crippen LogP contribution in [0.2, 0.25) is 0 Å². The van der Waals surface area contributed by atoms with E-state index in [9.17, 15) is 14.7 Å². The molecule has 1 aliphatic carbocycles. The maximum Gasteiger partial charge on any atom is 0.342 e. The molecule has 5 nitrogen and oxygen atoms in total. The van der Waals surface area contributed by atoms with Crippen molar-refractivity contribution in [1.29, 1.82) is 0 Å². The summed E-state index contributed by atoms with van der Waals surface area (Å²) in [5.41, 5.74) is 3.02. The molecule has 2 aromatic carbocycles. The second-order valence-corrected chi connectivity index (χ2v) is 6.67. The molecule has 26 heavy (non-hydrogen) atoms. The summed E-state index contributed by atoms with van der Waals surface area (Å²) in [7, 11) is 0. The Labute approximate surface area is 153 Å².